The highest BCUT2D eigenvalue weighted by Crippen LogP contribution is 2.43. The summed E-state index contributed by atoms with van der Waals surface area (Å²) in [7, 11) is 1.57. The van der Waals surface area contributed by atoms with Gasteiger partial charge in [0.2, 0.25) is 23.6 Å². The molecule has 2 aromatic carbocycles. The molecular formula is C48H58F2N10O6. The molecule has 0 aliphatic carbocycles. The molecule has 66 heavy (non-hydrogen) atoms. The maximum absolute atomic E-state index is 14.7. The molecule has 1 aromatic heterocycles. The molecule has 2 saturated heterocycles. The zero-order valence-electron chi connectivity index (χ0n) is 37.6. The van der Waals surface area contributed by atoms with Crippen molar-refractivity contribution in [2.75, 3.05) is 50.0 Å². The van der Waals surface area contributed by atoms with Gasteiger partial charge in [0.05, 0.1) is 23.7 Å². The van der Waals surface area contributed by atoms with Crippen molar-refractivity contribution in [1.82, 2.24) is 29.8 Å². The van der Waals surface area contributed by atoms with Crippen LogP contribution in [0.2, 0.25) is 0 Å². The number of likely N-dealkylation sites (tertiary alicyclic amines) is 1. The van der Waals surface area contributed by atoms with Crippen molar-refractivity contribution in [2.24, 2.45) is 10.7 Å². The number of anilines is 3. The van der Waals surface area contributed by atoms with Crippen LogP contribution in [-0.2, 0) is 38.6 Å². The van der Waals surface area contributed by atoms with Gasteiger partial charge >= 0.3 is 0 Å². The van der Waals surface area contributed by atoms with E-state index >= 15 is 0 Å². The van der Waals surface area contributed by atoms with Gasteiger partial charge in [-0.2, -0.15) is 5.10 Å². The number of allylic oxidation sites excluding steroid dienone is 1. The predicted molar refractivity (Wildman–Crippen MR) is 244 cm³/mol. The predicted octanol–water partition coefficient (Wildman–Crippen LogP) is 5.83. The van der Waals surface area contributed by atoms with Crippen molar-refractivity contribution in [2.45, 2.75) is 115 Å². The average Bonchev–Trinajstić information content (AvgIpc) is 3.81. The summed E-state index contributed by atoms with van der Waals surface area (Å²) in [6.07, 6.45) is 8.82. The van der Waals surface area contributed by atoms with Gasteiger partial charge in [0, 0.05) is 112 Å². The number of aromatic nitrogens is 2. The Morgan fingerprint density at radius 3 is 2.41 bits per heavy atom. The molecular weight excluding hydrogens is 851 g/mol. The minimum Gasteiger partial charge on any atom is -0.404 e. The molecule has 4 N–H and O–H groups in total. The van der Waals surface area contributed by atoms with Crippen LogP contribution in [0.3, 0.4) is 0 Å². The maximum Gasteiger partial charge on any atom is 0.264 e. The van der Waals surface area contributed by atoms with E-state index in [2.05, 4.69) is 20.3 Å². The lowest BCUT2D eigenvalue weighted by atomic mass is 9.92. The highest BCUT2D eigenvalue weighted by atomic mass is 19.3. The number of amides is 6. The van der Waals surface area contributed by atoms with Crippen LogP contribution in [-0.4, -0.2) is 112 Å². The Bertz CT molecular complexity index is 2480. The van der Waals surface area contributed by atoms with Crippen molar-refractivity contribution in [3.8, 4) is 0 Å². The number of rotatable bonds is 15. The first-order chi connectivity index (χ1) is 31.9. The van der Waals surface area contributed by atoms with Crippen LogP contribution in [0.4, 0.5) is 26.0 Å². The lowest BCUT2D eigenvalue weighted by Crippen LogP contribution is -2.54. The highest BCUT2D eigenvalue weighted by Gasteiger charge is 2.45. The second kappa shape index (κ2) is 20.0. The van der Waals surface area contributed by atoms with Gasteiger partial charge in [-0.25, -0.2) is 8.78 Å². The Morgan fingerprint density at radius 1 is 0.924 bits per heavy atom. The average molecular weight is 909 g/mol. The molecule has 1 atom stereocenters. The molecule has 0 radical (unpaired) electrons. The summed E-state index contributed by atoms with van der Waals surface area (Å²) in [6, 6.07) is 7.40. The van der Waals surface area contributed by atoms with Crippen LogP contribution >= 0.6 is 0 Å². The minimum absolute atomic E-state index is 0.0275. The molecule has 1 unspecified atom stereocenters. The van der Waals surface area contributed by atoms with Crippen molar-refractivity contribution in [3.63, 3.8) is 0 Å². The van der Waals surface area contributed by atoms with E-state index in [4.69, 9.17) is 10.8 Å². The molecule has 6 amide bonds. The number of alkyl halides is 2. The Kier molecular flexibility index (Phi) is 13.9. The first-order valence-electron chi connectivity index (χ1n) is 23.2. The second-order valence-corrected chi connectivity index (χ2v) is 17.8. The zero-order chi connectivity index (χ0) is 46.6. The molecule has 3 aromatic rings. The number of carbonyl (C=O) groups excluding carboxylic acids is 6. The van der Waals surface area contributed by atoms with Crippen molar-refractivity contribution < 1.29 is 37.5 Å². The third-order valence-corrected chi connectivity index (χ3v) is 13.6. The van der Waals surface area contributed by atoms with E-state index in [1.807, 2.05) is 14.7 Å². The summed E-state index contributed by atoms with van der Waals surface area (Å²) < 4.78 is 31.4. The number of fused-ring (bicyclic) bond motifs is 3. The number of hydrogen-bond acceptors (Lipinski definition) is 11. The standard InChI is InChI=1S/C48H58F2N10O6/c1-29(61)57-22-17-39-38(28-57)45(58-19-8-9-30-23-35(31(26-51)27-52-2)36(44(49)50)25-41(30)58)55-60(39)33-15-20-56(21-16-33)43(63)10-6-4-3-5-7-18-53-32-11-12-34-37(24-32)48(66)59(47(34)65)40-13-14-42(62)54-46(40)64/h11-12,23-27,33,40,44,53H,3-10,13-22,28,51H2,1-2H3,(H,54,62,64)/b31-26+,52-27?. The number of nitrogens with one attached hydrogen (secondary N) is 2. The van der Waals surface area contributed by atoms with Gasteiger partial charge in [-0.1, -0.05) is 19.3 Å². The molecule has 0 saturated carbocycles. The molecule has 18 heteroatoms. The summed E-state index contributed by atoms with van der Waals surface area (Å²) >= 11 is 0. The van der Waals surface area contributed by atoms with Crippen molar-refractivity contribution in [3.05, 3.63) is 75.6 Å². The maximum atomic E-state index is 14.7. The van der Waals surface area contributed by atoms with Gasteiger partial charge in [0.1, 0.15) is 6.04 Å². The van der Waals surface area contributed by atoms with Crippen LogP contribution in [0.15, 0.2) is 41.5 Å². The second-order valence-electron chi connectivity index (χ2n) is 17.8. The quantitative estimate of drug-likeness (QED) is 0.0949. The fraction of sp³-hybridized carbons (Fsp3) is 0.500. The fourth-order valence-electron chi connectivity index (χ4n) is 10.1. The zero-order valence-corrected chi connectivity index (χ0v) is 37.6. The van der Waals surface area contributed by atoms with Crippen LogP contribution < -0.4 is 21.3 Å². The van der Waals surface area contributed by atoms with Gasteiger partial charge in [-0.15, -0.1) is 0 Å². The minimum atomic E-state index is -2.74. The SMILES string of the molecule is CN=C/C(=C\N)c1cc2c(cc1C(F)F)N(c1nn(C3CCN(C(=O)CCCCCCCNc4ccc5c(c4)C(=O)N(C4CCC(=O)NC4=O)C5=O)CC3)c3c1CN(C(C)=O)CC3)CCC2. The van der Waals surface area contributed by atoms with E-state index in [1.54, 1.807) is 44.3 Å². The molecule has 0 bridgehead atoms. The lowest BCUT2D eigenvalue weighted by molar-refractivity contribution is -0.136. The van der Waals surface area contributed by atoms with Gasteiger partial charge in [-0.05, 0) is 86.4 Å². The summed E-state index contributed by atoms with van der Waals surface area (Å²) in [5.41, 5.74) is 11.3. The molecule has 6 heterocycles. The van der Waals surface area contributed by atoms with Gasteiger partial charge in [-0.3, -0.25) is 48.7 Å². The number of hydrogen-bond donors (Lipinski definition) is 3. The van der Waals surface area contributed by atoms with E-state index < -0.39 is 36.1 Å². The van der Waals surface area contributed by atoms with E-state index in [-0.39, 0.29) is 47.4 Å². The number of aliphatic imine (C=N–C) groups is 1. The smallest absolute Gasteiger partial charge is 0.264 e. The van der Waals surface area contributed by atoms with E-state index in [9.17, 15) is 37.5 Å². The summed E-state index contributed by atoms with van der Waals surface area (Å²) in [4.78, 5) is 86.8. The monoisotopic (exact) mass is 908 g/mol. The first-order valence-corrected chi connectivity index (χ1v) is 23.2. The first kappa shape index (κ1) is 46.1. The van der Waals surface area contributed by atoms with Gasteiger partial charge < -0.3 is 25.8 Å². The molecule has 350 valence electrons. The number of nitrogens with zero attached hydrogens (tertiary/aromatic N) is 7. The number of benzene rings is 2. The van der Waals surface area contributed by atoms with E-state index in [1.165, 1.54) is 12.4 Å². The fourth-order valence-corrected chi connectivity index (χ4v) is 10.1. The molecule has 5 aliphatic rings. The van der Waals surface area contributed by atoms with Gasteiger partial charge in [0.15, 0.2) is 5.82 Å². The third-order valence-electron chi connectivity index (χ3n) is 13.6. The summed E-state index contributed by atoms with van der Waals surface area (Å²) in [5.74, 6) is -1.31. The Balaban J connectivity index is 0.823. The Morgan fingerprint density at radius 2 is 1.68 bits per heavy atom. The Labute approximate surface area is 382 Å². The number of carbonyl (C=O) groups is 6. The van der Waals surface area contributed by atoms with Crippen molar-refractivity contribution >= 4 is 64.4 Å². The third kappa shape index (κ3) is 9.31. The number of nitrogens with two attached hydrogens (primary N) is 1. The van der Waals surface area contributed by atoms with Crippen molar-refractivity contribution in [1.29, 1.82) is 0 Å². The number of aryl methyl sites for hydroxylation is 1. The molecule has 5 aliphatic heterocycles. The summed E-state index contributed by atoms with van der Waals surface area (Å²) in [6.45, 7) is 5.00. The van der Waals surface area contributed by atoms with Crippen LogP contribution in [0.5, 0.6) is 0 Å². The normalized spacial score (nSPS) is 19.2. The largest absolute Gasteiger partial charge is 0.404 e. The Hall–Kier alpha value is -6.46. The van der Waals surface area contributed by atoms with E-state index in [0.29, 0.717) is 86.9 Å². The molecule has 0 spiro atoms. The van der Waals surface area contributed by atoms with Crippen LogP contribution in [0, 0.1) is 0 Å². The molecule has 8 rings (SSSR count). The summed E-state index contributed by atoms with van der Waals surface area (Å²) in [5, 5.41) is 10.8. The highest BCUT2D eigenvalue weighted by molar-refractivity contribution is 6.23. The van der Waals surface area contributed by atoms with Crippen LogP contribution in [0.25, 0.3) is 5.57 Å². The van der Waals surface area contributed by atoms with Crippen LogP contribution in [0.1, 0.15) is 139 Å². The van der Waals surface area contributed by atoms with Gasteiger partial charge in [0.25, 0.3) is 18.2 Å². The van der Waals surface area contributed by atoms with E-state index in [0.717, 1.165) is 73.1 Å². The number of imide groups is 2. The molecule has 16 nitrogen and oxygen atoms in total. The number of piperidine rings is 2. The topological polar surface area (TPSA) is 196 Å². The lowest BCUT2D eigenvalue weighted by Gasteiger charge is -2.34. The number of halogens is 2. The molecule has 2 fully saturated rings. The number of unbranched alkanes of at least 4 members (excludes halogenated alkanes) is 4.